The molecule has 7 nitrogen and oxygen atoms in total. The smallest absolute Gasteiger partial charge is 0.322 e. The molecule has 1 atom stereocenters. The molecule has 3 aromatic rings. The van der Waals surface area contributed by atoms with Crippen molar-refractivity contribution in [1.82, 2.24) is 14.8 Å². The highest BCUT2D eigenvalue weighted by Gasteiger charge is 2.36. The highest BCUT2D eigenvalue weighted by atomic mass is 16.3. The number of anilines is 1. The van der Waals surface area contributed by atoms with Gasteiger partial charge in [0.2, 0.25) is 5.91 Å². The van der Waals surface area contributed by atoms with Gasteiger partial charge in [-0.25, -0.2) is 9.78 Å². The number of urea groups is 1. The van der Waals surface area contributed by atoms with Crippen LogP contribution >= 0.6 is 0 Å². The van der Waals surface area contributed by atoms with Crippen molar-refractivity contribution in [2.75, 3.05) is 18.9 Å². The number of nitrogens with zero attached hydrogens (tertiary/aromatic N) is 3. The monoisotopic (exact) mass is 378 g/mol. The Kier molecular flexibility index (Phi) is 4.73. The SMILES string of the molecule is Cc1nc2cc(NC(=O)N(C)[C@H]3CCN(Cc4ccccc4)C3=O)ccc2o1. The minimum absolute atomic E-state index is 0.0240. The van der Waals surface area contributed by atoms with Gasteiger partial charge in [0.15, 0.2) is 11.5 Å². The number of hydrogen-bond donors (Lipinski definition) is 1. The van der Waals surface area contributed by atoms with Crippen LogP contribution in [0.4, 0.5) is 10.5 Å². The summed E-state index contributed by atoms with van der Waals surface area (Å²) in [6.45, 7) is 2.98. The maximum absolute atomic E-state index is 12.8. The van der Waals surface area contributed by atoms with Gasteiger partial charge in [-0.1, -0.05) is 30.3 Å². The first kappa shape index (κ1) is 18.0. The Morgan fingerprint density at radius 3 is 2.86 bits per heavy atom. The van der Waals surface area contributed by atoms with Crippen LogP contribution in [0.15, 0.2) is 52.9 Å². The van der Waals surface area contributed by atoms with E-state index >= 15 is 0 Å². The molecular weight excluding hydrogens is 356 g/mol. The predicted molar refractivity (Wildman–Crippen MR) is 106 cm³/mol. The number of amides is 3. The van der Waals surface area contributed by atoms with Crippen LogP contribution in [0.1, 0.15) is 17.9 Å². The Balaban J connectivity index is 1.41. The standard InChI is InChI=1S/C21H22N4O3/c1-14-22-17-12-16(8-9-19(17)28-14)23-21(27)24(2)18-10-11-25(20(18)26)13-15-6-4-3-5-7-15/h3-9,12,18H,10-11,13H2,1-2H3,(H,23,27)/t18-/m0/s1. The number of aryl methyl sites for hydroxylation is 1. The first-order chi connectivity index (χ1) is 13.5. The first-order valence-electron chi connectivity index (χ1n) is 9.25. The van der Waals surface area contributed by atoms with Gasteiger partial charge in [-0.3, -0.25) is 4.79 Å². The Labute approximate surface area is 162 Å². The lowest BCUT2D eigenvalue weighted by Crippen LogP contribution is -2.44. The quantitative estimate of drug-likeness (QED) is 0.755. The molecule has 2 heterocycles. The number of rotatable bonds is 4. The van der Waals surface area contributed by atoms with Crippen molar-refractivity contribution in [2.45, 2.75) is 25.9 Å². The Morgan fingerprint density at radius 2 is 2.07 bits per heavy atom. The summed E-state index contributed by atoms with van der Waals surface area (Å²) in [5.74, 6) is 0.551. The van der Waals surface area contributed by atoms with Crippen molar-refractivity contribution in [3.8, 4) is 0 Å². The molecule has 2 aromatic carbocycles. The van der Waals surface area contributed by atoms with E-state index in [1.165, 1.54) is 4.90 Å². The van der Waals surface area contributed by atoms with Gasteiger partial charge in [-0.15, -0.1) is 0 Å². The van der Waals surface area contributed by atoms with Crippen molar-refractivity contribution in [1.29, 1.82) is 0 Å². The molecule has 4 rings (SSSR count). The van der Waals surface area contributed by atoms with Crippen molar-refractivity contribution >= 4 is 28.7 Å². The molecule has 0 saturated carbocycles. The van der Waals surface area contributed by atoms with Gasteiger partial charge < -0.3 is 19.5 Å². The maximum atomic E-state index is 12.8. The highest BCUT2D eigenvalue weighted by molar-refractivity contribution is 5.95. The molecule has 1 aromatic heterocycles. The molecule has 0 bridgehead atoms. The Hall–Kier alpha value is -3.35. The van der Waals surface area contributed by atoms with E-state index in [0.29, 0.717) is 42.2 Å². The van der Waals surface area contributed by atoms with Crippen LogP contribution < -0.4 is 5.32 Å². The van der Waals surface area contributed by atoms with Gasteiger partial charge in [0, 0.05) is 32.7 Å². The first-order valence-corrected chi connectivity index (χ1v) is 9.25. The third-order valence-corrected chi connectivity index (χ3v) is 5.02. The normalized spacial score (nSPS) is 16.6. The molecule has 1 N–H and O–H groups in total. The number of oxazole rings is 1. The summed E-state index contributed by atoms with van der Waals surface area (Å²) < 4.78 is 5.45. The molecule has 1 fully saturated rings. The van der Waals surface area contributed by atoms with Crippen LogP contribution in [0, 0.1) is 6.92 Å². The van der Waals surface area contributed by atoms with E-state index < -0.39 is 6.04 Å². The Bertz CT molecular complexity index is 1010. The molecule has 7 heteroatoms. The summed E-state index contributed by atoms with van der Waals surface area (Å²) in [6, 6.07) is 14.4. The third kappa shape index (κ3) is 3.55. The number of fused-ring (bicyclic) bond motifs is 1. The highest BCUT2D eigenvalue weighted by Crippen LogP contribution is 2.22. The van der Waals surface area contributed by atoms with E-state index in [2.05, 4.69) is 10.3 Å². The van der Waals surface area contributed by atoms with Crippen molar-refractivity contribution in [3.63, 3.8) is 0 Å². The lowest BCUT2D eigenvalue weighted by atomic mass is 10.2. The maximum Gasteiger partial charge on any atom is 0.322 e. The van der Waals surface area contributed by atoms with Crippen LogP contribution in [0.2, 0.25) is 0 Å². The summed E-state index contributed by atoms with van der Waals surface area (Å²) in [6.07, 6.45) is 0.622. The van der Waals surface area contributed by atoms with Gasteiger partial charge >= 0.3 is 6.03 Å². The average molecular weight is 378 g/mol. The fourth-order valence-corrected chi connectivity index (χ4v) is 3.52. The second kappa shape index (κ2) is 7.34. The number of nitrogens with one attached hydrogen (secondary N) is 1. The number of carbonyl (C=O) groups is 2. The molecule has 28 heavy (non-hydrogen) atoms. The van der Waals surface area contributed by atoms with Gasteiger partial charge in [0.25, 0.3) is 0 Å². The molecule has 1 aliphatic rings. The van der Waals surface area contributed by atoms with Gasteiger partial charge in [0.1, 0.15) is 11.6 Å². The molecule has 1 saturated heterocycles. The minimum atomic E-state index is -0.457. The van der Waals surface area contributed by atoms with E-state index in [-0.39, 0.29) is 11.9 Å². The lowest BCUT2D eigenvalue weighted by Gasteiger charge is -2.24. The van der Waals surface area contributed by atoms with E-state index in [0.717, 1.165) is 5.56 Å². The topological polar surface area (TPSA) is 78.7 Å². The second-order valence-electron chi connectivity index (χ2n) is 7.01. The van der Waals surface area contributed by atoms with E-state index in [9.17, 15) is 9.59 Å². The molecule has 144 valence electrons. The zero-order valence-corrected chi connectivity index (χ0v) is 15.9. The Morgan fingerprint density at radius 1 is 1.29 bits per heavy atom. The average Bonchev–Trinajstić information content (AvgIpc) is 3.23. The molecule has 0 unspecified atom stereocenters. The summed E-state index contributed by atoms with van der Waals surface area (Å²) in [7, 11) is 1.66. The van der Waals surface area contributed by atoms with Crippen LogP contribution in [0.3, 0.4) is 0 Å². The van der Waals surface area contributed by atoms with Crippen molar-refractivity contribution in [3.05, 3.63) is 60.0 Å². The van der Waals surface area contributed by atoms with E-state index in [1.807, 2.05) is 30.3 Å². The van der Waals surface area contributed by atoms with E-state index in [1.54, 1.807) is 37.1 Å². The third-order valence-electron chi connectivity index (χ3n) is 5.02. The van der Waals surface area contributed by atoms with Crippen LogP contribution in [0.25, 0.3) is 11.1 Å². The summed E-state index contributed by atoms with van der Waals surface area (Å²) in [5, 5.41) is 2.84. The van der Waals surface area contributed by atoms with Crippen LogP contribution in [-0.4, -0.2) is 46.4 Å². The second-order valence-corrected chi connectivity index (χ2v) is 7.01. The summed E-state index contributed by atoms with van der Waals surface area (Å²) in [4.78, 5) is 33.0. The number of likely N-dealkylation sites (N-methyl/N-ethyl adjacent to an activating group) is 1. The number of likely N-dealkylation sites (tertiary alicyclic amines) is 1. The fourth-order valence-electron chi connectivity index (χ4n) is 3.52. The fraction of sp³-hybridized carbons (Fsp3) is 0.286. The number of aromatic nitrogens is 1. The largest absolute Gasteiger partial charge is 0.441 e. The molecule has 0 radical (unpaired) electrons. The van der Waals surface area contributed by atoms with Gasteiger partial charge in [0.05, 0.1) is 0 Å². The van der Waals surface area contributed by atoms with E-state index in [4.69, 9.17) is 4.42 Å². The molecule has 3 amide bonds. The molecular formula is C21H22N4O3. The zero-order chi connectivity index (χ0) is 19.7. The van der Waals surface area contributed by atoms with Crippen molar-refractivity contribution in [2.24, 2.45) is 0 Å². The van der Waals surface area contributed by atoms with Gasteiger partial charge in [-0.05, 0) is 30.2 Å². The number of benzene rings is 2. The van der Waals surface area contributed by atoms with Crippen molar-refractivity contribution < 1.29 is 14.0 Å². The lowest BCUT2D eigenvalue weighted by molar-refractivity contribution is -0.131. The summed E-state index contributed by atoms with van der Waals surface area (Å²) in [5.41, 5.74) is 3.05. The molecule has 1 aliphatic heterocycles. The number of carbonyl (C=O) groups excluding carboxylic acids is 2. The number of hydrogen-bond acceptors (Lipinski definition) is 4. The van der Waals surface area contributed by atoms with Crippen LogP contribution in [0.5, 0.6) is 0 Å². The van der Waals surface area contributed by atoms with Gasteiger partial charge in [-0.2, -0.15) is 0 Å². The summed E-state index contributed by atoms with van der Waals surface area (Å²) >= 11 is 0. The minimum Gasteiger partial charge on any atom is -0.441 e. The van der Waals surface area contributed by atoms with Crippen LogP contribution in [-0.2, 0) is 11.3 Å². The zero-order valence-electron chi connectivity index (χ0n) is 15.9. The molecule has 0 aliphatic carbocycles. The molecule has 0 spiro atoms. The predicted octanol–water partition coefficient (Wildman–Crippen LogP) is 3.40.